The summed E-state index contributed by atoms with van der Waals surface area (Å²) in [5.74, 6) is -0.621. The number of anilines is 1. The van der Waals surface area contributed by atoms with E-state index in [-0.39, 0.29) is 17.3 Å². The van der Waals surface area contributed by atoms with Crippen molar-refractivity contribution in [2.75, 3.05) is 5.73 Å². The molecule has 0 spiro atoms. The number of pyridine rings is 1. The Morgan fingerprint density at radius 1 is 0.655 bits per heavy atom. The molecule has 29 heavy (non-hydrogen) atoms. The lowest BCUT2D eigenvalue weighted by Crippen LogP contribution is -2.16. The normalized spacial score (nSPS) is 11.9. The van der Waals surface area contributed by atoms with E-state index in [2.05, 4.69) is 14.5 Å². The standard InChI is InChI=1S/C19H12F6N2O2/c20-18(21,22)28-14-5-1-11(2-6-14)13-9-16(17(26)27-10-13)12-3-7-15(8-4-12)29-19(23,24)25/h1-10H,(H2,26,27). The molecule has 10 heteroatoms. The Hall–Kier alpha value is -3.43. The zero-order chi connectivity index (χ0) is 21.2. The molecule has 0 atom stereocenters. The van der Waals surface area contributed by atoms with Gasteiger partial charge in [-0.3, -0.25) is 0 Å². The summed E-state index contributed by atoms with van der Waals surface area (Å²) in [5, 5.41) is 0. The Labute approximate surface area is 160 Å². The highest BCUT2D eigenvalue weighted by Gasteiger charge is 2.31. The van der Waals surface area contributed by atoms with Crippen molar-refractivity contribution >= 4 is 5.82 Å². The highest BCUT2D eigenvalue weighted by atomic mass is 19.4. The van der Waals surface area contributed by atoms with Crippen LogP contribution in [0.5, 0.6) is 11.5 Å². The molecule has 0 amide bonds. The number of nitrogens with zero attached hydrogens (tertiary/aromatic N) is 1. The zero-order valence-corrected chi connectivity index (χ0v) is 14.4. The van der Waals surface area contributed by atoms with Crippen LogP contribution in [0.1, 0.15) is 0 Å². The first kappa shape index (κ1) is 20.3. The number of nitrogens with two attached hydrogens (primary N) is 1. The summed E-state index contributed by atoms with van der Waals surface area (Å²) in [6, 6.07) is 11.8. The lowest BCUT2D eigenvalue weighted by molar-refractivity contribution is -0.275. The van der Waals surface area contributed by atoms with Crippen LogP contribution in [-0.2, 0) is 0 Å². The summed E-state index contributed by atoms with van der Waals surface area (Å²) < 4.78 is 81.2. The van der Waals surface area contributed by atoms with Gasteiger partial charge >= 0.3 is 12.7 Å². The number of hydrogen-bond donors (Lipinski definition) is 1. The van der Waals surface area contributed by atoms with Gasteiger partial charge in [-0.2, -0.15) is 0 Å². The minimum atomic E-state index is -4.80. The average Bonchev–Trinajstić information content (AvgIpc) is 2.61. The number of benzene rings is 2. The van der Waals surface area contributed by atoms with Crippen LogP contribution < -0.4 is 15.2 Å². The Balaban J connectivity index is 1.87. The van der Waals surface area contributed by atoms with Gasteiger partial charge in [-0.1, -0.05) is 24.3 Å². The van der Waals surface area contributed by atoms with Crippen LogP contribution >= 0.6 is 0 Å². The van der Waals surface area contributed by atoms with Gasteiger partial charge < -0.3 is 15.2 Å². The molecule has 1 heterocycles. The van der Waals surface area contributed by atoms with Gasteiger partial charge in [-0.15, -0.1) is 26.3 Å². The van der Waals surface area contributed by atoms with Gasteiger partial charge in [-0.05, 0) is 41.5 Å². The molecule has 3 aromatic rings. The fourth-order valence-electron chi connectivity index (χ4n) is 2.55. The second-order valence-corrected chi connectivity index (χ2v) is 5.80. The smallest absolute Gasteiger partial charge is 0.406 e. The van der Waals surface area contributed by atoms with E-state index >= 15 is 0 Å². The number of alkyl halides is 6. The molecule has 0 fully saturated rings. The van der Waals surface area contributed by atoms with Crippen molar-refractivity contribution in [1.82, 2.24) is 4.98 Å². The second kappa shape index (κ2) is 7.53. The Kier molecular flexibility index (Phi) is 5.27. The van der Waals surface area contributed by atoms with Crippen LogP contribution in [0.3, 0.4) is 0 Å². The van der Waals surface area contributed by atoms with E-state index in [0.29, 0.717) is 22.3 Å². The lowest BCUT2D eigenvalue weighted by Gasteiger charge is -2.12. The maximum Gasteiger partial charge on any atom is 0.573 e. The van der Waals surface area contributed by atoms with Gasteiger partial charge in [0.05, 0.1) is 0 Å². The van der Waals surface area contributed by atoms with E-state index in [4.69, 9.17) is 5.73 Å². The molecule has 0 saturated heterocycles. The van der Waals surface area contributed by atoms with Crippen molar-refractivity contribution in [3.8, 4) is 33.8 Å². The molecule has 2 aromatic carbocycles. The molecule has 0 aliphatic rings. The Morgan fingerprint density at radius 2 is 1.10 bits per heavy atom. The molecular weight excluding hydrogens is 402 g/mol. The van der Waals surface area contributed by atoms with Gasteiger partial charge in [0.15, 0.2) is 0 Å². The number of nitrogen functional groups attached to an aromatic ring is 1. The molecule has 1 aromatic heterocycles. The van der Waals surface area contributed by atoms with Crippen molar-refractivity contribution in [3.05, 3.63) is 60.8 Å². The molecule has 0 radical (unpaired) electrons. The van der Waals surface area contributed by atoms with Crippen molar-refractivity contribution in [2.24, 2.45) is 0 Å². The van der Waals surface area contributed by atoms with Gasteiger partial charge in [0.25, 0.3) is 0 Å². The summed E-state index contributed by atoms with van der Waals surface area (Å²) in [5.41, 5.74) is 7.89. The second-order valence-electron chi connectivity index (χ2n) is 5.80. The maximum atomic E-state index is 12.3. The highest BCUT2D eigenvalue weighted by molar-refractivity contribution is 5.79. The Morgan fingerprint density at radius 3 is 1.55 bits per heavy atom. The summed E-state index contributed by atoms with van der Waals surface area (Å²) in [7, 11) is 0. The van der Waals surface area contributed by atoms with Crippen LogP contribution in [0.2, 0.25) is 0 Å². The Bertz CT molecular complexity index is 984. The molecular formula is C19H12F6N2O2. The largest absolute Gasteiger partial charge is 0.573 e. The van der Waals surface area contributed by atoms with Gasteiger partial charge in [-0.25, -0.2) is 4.98 Å². The lowest BCUT2D eigenvalue weighted by atomic mass is 10.0. The minimum absolute atomic E-state index is 0.135. The predicted octanol–water partition coefficient (Wildman–Crippen LogP) is 5.80. The van der Waals surface area contributed by atoms with E-state index in [1.807, 2.05) is 0 Å². The first-order valence-electron chi connectivity index (χ1n) is 7.98. The summed E-state index contributed by atoms with van der Waals surface area (Å²) in [4.78, 5) is 4.05. The molecule has 0 saturated carbocycles. The minimum Gasteiger partial charge on any atom is -0.406 e. The fraction of sp³-hybridized carbons (Fsp3) is 0.105. The molecule has 0 bridgehead atoms. The van der Waals surface area contributed by atoms with Crippen LogP contribution in [-0.4, -0.2) is 17.7 Å². The molecule has 3 rings (SSSR count). The monoisotopic (exact) mass is 414 g/mol. The zero-order valence-electron chi connectivity index (χ0n) is 14.4. The summed E-state index contributed by atoms with van der Waals surface area (Å²) >= 11 is 0. The number of ether oxygens (including phenoxy) is 2. The van der Waals surface area contributed by atoms with Gasteiger partial charge in [0.1, 0.15) is 17.3 Å². The average molecular weight is 414 g/mol. The first-order valence-corrected chi connectivity index (χ1v) is 7.98. The van der Waals surface area contributed by atoms with Crippen LogP contribution in [0.25, 0.3) is 22.3 Å². The van der Waals surface area contributed by atoms with E-state index in [9.17, 15) is 26.3 Å². The van der Waals surface area contributed by atoms with Crippen LogP contribution in [0.4, 0.5) is 32.2 Å². The summed E-state index contributed by atoms with van der Waals surface area (Å²) in [6.07, 6.45) is -8.16. The SMILES string of the molecule is Nc1ncc(-c2ccc(OC(F)(F)F)cc2)cc1-c1ccc(OC(F)(F)F)cc1. The predicted molar refractivity (Wildman–Crippen MR) is 92.9 cm³/mol. The molecule has 0 unspecified atom stereocenters. The molecule has 152 valence electrons. The highest BCUT2D eigenvalue weighted by Crippen LogP contribution is 2.33. The van der Waals surface area contributed by atoms with Gasteiger partial charge in [0, 0.05) is 17.3 Å². The molecule has 0 aliphatic heterocycles. The van der Waals surface area contributed by atoms with Crippen LogP contribution in [0, 0.1) is 0 Å². The third-order valence-corrected chi connectivity index (χ3v) is 3.74. The number of halogens is 6. The summed E-state index contributed by atoms with van der Waals surface area (Å²) in [6.45, 7) is 0. The number of hydrogen-bond acceptors (Lipinski definition) is 4. The van der Waals surface area contributed by atoms with E-state index in [1.165, 1.54) is 30.5 Å². The van der Waals surface area contributed by atoms with E-state index < -0.39 is 12.7 Å². The number of rotatable bonds is 4. The fourth-order valence-corrected chi connectivity index (χ4v) is 2.55. The topological polar surface area (TPSA) is 57.4 Å². The van der Waals surface area contributed by atoms with Crippen molar-refractivity contribution < 1.29 is 35.8 Å². The first-order chi connectivity index (χ1) is 13.5. The third-order valence-electron chi connectivity index (χ3n) is 3.74. The molecule has 4 nitrogen and oxygen atoms in total. The van der Waals surface area contributed by atoms with Crippen molar-refractivity contribution in [3.63, 3.8) is 0 Å². The maximum absolute atomic E-state index is 12.3. The number of aromatic nitrogens is 1. The van der Waals surface area contributed by atoms with Crippen molar-refractivity contribution in [1.29, 1.82) is 0 Å². The van der Waals surface area contributed by atoms with Crippen LogP contribution in [0.15, 0.2) is 60.8 Å². The van der Waals surface area contributed by atoms with E-state index in [1.54, 1.807) is 6.07 Å². The quantitative estimate of drug-likeness (QED) is 0.549. The molecule has 2 N–H and O–H groups in total. The van der Waals surface area contributed by atoms with Gasteiger partial charge in [0.2, 0.25) is 0 Å². The molecule has 0 aliphatic carbocycles. The van der Waals surface area contributed by atoms with E-state index in [0.717, 1.165) is 24.3 Å². The van der Waals surface area contributed by atoms with Crippen molar-refractivity contribution in [2.45, 2.75) is 12.7 Å². The third kappa shape index (κ3) is 5.53.